The van der Waals surface area contributed by atoms with Crippen molar-refractivity contribution in [3.05, 3.63) is 35.0 Å². The van der Waals surface area contributed by atoms with Gasteiger partial charge in [-0.25, -0.2) is 0 Å². The molecular weight excluding hydrogens is 292 g/mol. The van der Waals surface area contributed by atoms with Crippen molar-refractivity contribution in [3.63, 3.8) is 0 Å². The zero-order valence-electron chi connectivity index (χ0n) is 13.6. The van der Waals surface area contributed by atoms with E-state index >= 15 is 0 Å². The molecule has 0 aliphatic heterocycles. The van der Waals surface area contributed by atoms with Crippen LogP contribution in [0.3, 0.4) is 0 Å². The molecular formula is C17H22N4O2. The van der Waals surface area contributed by atoms with Crippen molar-refractivity contribution in [2.24, 2.45) is 0 Å². The Balaban J connectivity index is 1.41. The fourth-order valence-corrected chi connectivity index (χ4v) is 3.12. The minimum Gasteiger partial charge on any atom is -0.360 e. The van der Waals surface area contributed by atoms with Crippen LogP contribution in [0.1, 0.15) is 72.6 Å². The number of aromatic nitrogens is 3. The average Bonchev–Trinajstić information content (AvgIpc) is 3.10. The maximum Gasteiger partial charge on any atom is 0.273 e. The van der Waals surface area contributed by atoms with E-state index in [1.165, 1.54) is 5.56 Å². The predicted molar refractivity (Wildman–Crippen MR) is 84.4 cm³/mol. The molecule has 2 aromatic heterocycles. The predicted octanol–water partition coefficient (Wildman–Crippen LogP) is 2.62. The van der Waals surface area contributed by atoms with Crippen LogP contribution >= 0.6 is 0 Å². The first-order valence-corrected chi connectivity index (χ1v) is 8.44. The highest BCUT2D eigenvalue weighted by molar-refractivity contribution is 5.92. The van der Waals surface area contributed by atoms with Gasteiger partial charge in [0.1, 0.15) is 5.76 Å². The minimum absolute atomic E-state index is 0.117. The molecule has 1 atom stereocenters. The van der Waals surface area contributed by atoms with Gasteiger partial charge in [-0.15, -0.1) is 0 Å². The van der Waals surface area contributed by atoms with E-state index < -0.39 is 0 Å². The first-order valence-electron chi connectivity index (χ1n) is 8.44. The summed E-state index contributed by atoms with van der Waals surface area (Å²) in [6, 6.07) is 2.27. The lowest BCUT2D eigenvalue weighted by atomic mass is 9.93. The summed E-state index contributed by atoms with van der Waals surface area (Å²) in [5.74, 6) is 1.18. The summed E-state index contributed by atoms with van der Waals surface area (Å²) in [6.07, 6.45) is 7.10. The summed E-state index contributed by atoms with van der Waals surface area (Å²) in [4.78, 5) is 12.3. The Hall–Kier alpha value is -2.11. The molecule has 4 rings (SSSR count). The molecule has 0 radical (unpaired) electrons. The summed E-state index contributed by atoms with van der Waals surface area (Å²) < 4.78 is 7.27. The quantitative estimate of drug-likeness (QED) is 0.941. The van der Waals surface area contributed by atoms with Crippen LogP contribution in [0.4, 0.5) is 0 Å². The molecule has 1 fully saturated rings. The standard InChI is InChI=1S/C17H22N4O2/c1-10(2)21-9-12-5-6-13(7-14(12)19-21)18-17(22)15-8-16(23-20-15)11-3-4-11/h8-11,13H,3-7H2,1-2H3,(H,18,22). The number of carbonyl (C=O) groups is 1. The van der Waals surface area contributed by atoms with Gasteiger partial charge in [-0.2, -0.15) is 5.10 Å². The second kappa shape index (κ2) is 5.51. The molecule has 6 heteroatoms. The largest absolute Gasteiger partial charge is 0.360 e. The number of aryl methyl sites for hydroxylation is 1. The third kappa shape index (κ3) is 2.90. The fourth-order valence-electron chi connectivity index (χ4n) is 3.12. The van der Waals surface area contributed by atoms with Crippen LogP contribution in [0, 0.1) is 0 Å². The average molecular weight is 314 g/mol. The number of nitrogens with one attached hydrogen (secondary N) is 1. The van der Waals surface area contributed by atoms with Crippen LogP contribution in [0.2, 0.25) is 0 Å². The first-order chi connectivity index (χ1) is 11.1. The van der Waals surface area contributed by atoms with Crippen molar-refractivity contribution in [1.29, 1.82) is 0 Å². The number of nitrogens with zero attached hydrogens (tertiary/aromatic N) is 3. The maximum atomic E-state index is 12.3. The Morgan fingerprint density at radius 2 is 2.22 bits per heavy atom. The second-order valence-corrected chi connectivity index (χ2v) is 6.98. The van der Waals surface area contributed by atoms with E-state index in [0.29, 0.717) is 17.7 Å². The topological polar surface area (TPSA) is 73.0 Å². The summed E-state index contributed by atoms with van der Waals surface area (Å²) in [7, 11) is 0. The van der Waals surface area contributed by atoms with Crippen molar-refractivity contribution >= 4 is 5.91 Å². The van der Waals surface area contributed by atoms with Crippen LogP contribution < -0.4 is 5.32 Å². The molecule has 6 nitrogen and oxygen atoms in total. The number of carbonyl (C=O) groups excluding carboxylic acids is 1. The highest BCUT2D eigenvalue weighted by Crippen LogP contribution is 2.40. The molecule has 2 heterocycles. The van der Waals surface area contributed by atoms with Gasteiger partial charge in [0.25, 0.3) is 5.91 Å². The van der Waals surface area contributed by atoms with Gasteiger partial charge in [0, 0.05) is 36.7 Å². The number of rotatable bonds is 4. The smallest absolute Gasteiger partial charge is 0.273 e. The number of fused-ring (bicyclic) bond motifs is 1. The Morgan fingerprint density at radius 3 is 2.96 bits per heavy atom. The van der Waals surface area contributed by atoms with Gasteiger partial charge in [0.2, 0.25) is 0 Å². The molecule has 122 valence electrons. The normalized spacial score (nSPS) is 20.6. The van der Waals surface area contributed by atoms with Gasteiger partial charge in [0.05, 0.1) is 5.69 Å². The van der Waals surface area contributed by atoms with E-state index in [4.69, 9.17) is 4.52 Å². The molecule has 1 unspecified atom stereocenters. The molecule has 2 aliphatic carbocycles. The molecule has 2 aromatic rings. The van der Waals surface area contributed by atoms with Crippen molar-refractivity contribution < 1.29 is 9.32 Å². The zero-order chi connectivity index (χ0) is 16.0. The van der Waals surface area contributed by atoms with Gasteiger partial charge in [0.15, 0.2) is 5.69 Å². The number of amides is 1. The van der Waals surface area contributed by atoms with E-state index in [1.807, 2.05) is 4.68 Å². The monoisotopic (exact) mass is 314 g/mol. The van der Waals surface area contributed by atoms with Gasteiger partial charge < -0.3 is 9.84 Å². The summed E-state index contributed by atoms with van der Waals surface area (Å²) >= 11 is 0. The van der Waals surface area contributed by atoms with Gasteiger partial charge in [-0.3, -0.25) is 9.48 Å². The Morgan fingerprint density at radius 1 is 1.39 bits per heavy atom. The van der Waals surface area contributed by atoms with Crippen LogP contribution in [-0.2, 0) is 12.8 Å². The van der Waals surface area contributed by atoms with Crippen LogP contribution in [0.15, 0.2) is 16.8 Å². The lowest BCUT2D eigenvalue weighted by Gasteiger charge is -2.21. The molecule has 1 saturated carbocycles. The third-order valence-corrected chi connectivity index (χ3v) is 4.70. The summed E-state index contributed by atoms with van der Waals surface area (Å²) in [6.45, 7) is 4.25. The van der Waals surface area contributed by atoms with E-state index in [9.17, 15) is 4.79 Å². The molecule has 23 heavy (non-hydrogen) atoms. The van der Waals surface area contributed by atoms with E-state index in [1.54, 1.807) is 6.07 Å². The SMILES string of the molecule is CC(C)n1cc2c(n1)CC(NC(=O)c1cc(C3CC3)on1)CC2. The van der Waals surface area contributed by atoms with Gasteiger partial charge >= 0.3 is 0 Å². The second-order valence-electron chi connectivity index (χ2n) is 6.98. The number of hydrogen-bond donors (Lipinski definition) is 1. The Labute approximate surface area is 135 Å². The molecule has 0 saturated heterocycles. The Bertz CT molecular complexity index is 727. The summed E-state index contributed by atoms with van der Waals surface area (Å²) in [5, 5.41) is 11.6. The minimum atomic E-state index is -0.141. The van der Waals surface area contributed by atoms with E-state index in [2.05, 4.69) is 35.6 Å². The maximum absolute atomic E-state index is 12.3. The molecule has 2 aliphatic rings. The van der Waals surface area contributed by atoms with Crippen LogP contribution in [-0.4, -0.2) is 26.9 Å². The van der Waals surface area contributed by atoms with Crippen molar-refractivity contribution in [3.8, 4) is 0 Å². The molecule has 1 amide bonds. The zero-order valence-corrected chi connectivity index (χ0v) is 13.6. The van der Waals surface area contributed by atoms with Crippen LogP contribution in [0.5, 0.6) is 0 Å². The molecule has 0 bridgehead atoms. The van der Waals surface area contributed by atoms with Gasteiger partial charge in [-0.1, -0.05) is 5.16 Å². The first kappa shape index (κ1) is 14.5. The molecule has 1 N–H and O–H groups in total. The highest BCUT2D eigenvalue weighted by Gasteiger charge is 2.30. The lowest BCUT2D eigenvalue weighted by molar-refractivity contribution is 0.0924. The van der Waals surface area contributed by atoms with E-state index in [-0.39, 0.29) is 11.9 Å². The van der Waals surface area contributed by atoms with Crippen molar-refractivity contribution in [1.82, 2.24) is 20.3 Å². The van der Waals surface area contributed by atoms with Crippen LogP contribution in [0.25, 0.3) is 0 Å². The van der Waals surface area contributed by atoms with E-state index in [0.717, 1.165) is 43.6 Å². The Kier molecular flexibility index (Phi) is 3.47. The van der Waals surface area contributed by atoms with Gasteiger partial charge in [-0.05, 0) is 45.1 Å². The van der Waals surface area contributed by atoms with Crippen molar-refractivity contribution in [2.75, 3.05) is 0 Å². The van der Waals surface area contributed by atoms with Crippen molar-refractivity contribution in [2.45, 2.75) is 64.0 Å². The lowest BCUT2D eigenvalue weighted by Crippen LogP contribution is -2.39. The fraction of sp³-hybridized carbons (Fsp3) is 0.588. The highest BCUT2D eigenvalue weighted by atomic mass is 16.5. The summed E-state index contributed by atoms with van der Waals surface area (Å²) in [5.41, 5.74) is 2.81. The molecule has 0 spiro atoms. The number of hydrogen-bond acceptors (Lipinski definition) is 4. The third-order valence-electron chi connectivity index (χ3n) is 4.70. The molecule has 0 aromatic carbocycles.